The first-order chi connectivity index (χ1) is 13.2. The van der Waals surface area contributed by atoms with Crippen LogP contribution in [0.1, 0.15) is 31.2 Å². The molecular formula is C22H27N3O2. The van der Waals surface area contributed by atoms with E-state index in [2.05, 4.69) is 10.6 Å². The van der Waals surface area contributed by atoms with Gasteiger partial charge in [0.05, 0.1) is 0 Å². The Balaban J connectivity index is 1.40. The van der Waals surface area contributed by atoms with E-state index in [0.29, 0.717) is 25.4 Å². The molecule has 1 fully saturated rings. The SMILES string of the molecule is O=C(CC[C@@H]1CCCN(C(=O)Nc2ccccc2)C1)NCc1ccccc1. The van der Waals surface area contributed by atoms with Crippen LogP contribution in [0.4, 0.5) is 10.5 Å². The average Bonchev–Trinajstić information content (AvgIpc) is 2.72. The lowest BCUT2D eigenvalue weighted by atomic mass is 9.93. The molecule has 3 amide bonds. The lowest BCUT2D eigenvalue weighted by Crippen LogP contribution is -2.42. The Kier molecular flexibility index (Phi) is 6.85. The van der Waals surface area contributed by atoms with Crippen LogP contribution in [-0.4, -0.2) is 29.9 Å². The number of amides is 3. The van der Waals surface area contributed by atoms with Gasteiger partial charge in [-0.1, -0.05) is 48.5 Å². The summed E-state index contributed by atoms with van der Waals surface area (Å²) in [4.78, 5) is 26.4. The maximum absolute atomic E-state index is 12.4. The number of likely N-dealkylation sites (tertiary alicyclic amines) is 1. The minimum atomic E-state index is -0.0561. The molecule has 0 unspecified atom stereocenters. The number of nitrogens with zero attached hydrogens (tertiary/aromatic N) is 1. The lowest BCUT2D eigenvalue weighted by molar-refractivity contribution is -0.121. The first-order valence-corrected chi connectivity index (χ1v) is 9.62. The predicted molar refractivity (Wildman–Crippen MR) is 107 cm³/mol. The minimum absolute atomic E-state index is 0.0561. The van der Waals surface area contributed by atoms with Gasteiger partial charge in [-0.15, -0.1) is 0 Å². The van der Waals surface area contributed by atoms with Crippen LogP contribution in [-0.2, 0) is 11.3 Å². The monoisotopic (exact) mass is 365 g/mol. The van der Waals surface area contributed by atoms with E-state index in [1.165, 1.54) is 0 Å². The van der Waals surface area contributed by atoms with Crippen molar-refractivity contribution in [3.8, 4) is 0 Å². The topological polar surface area (TPSA) is 61.4 Å². The van der Waals surface area contributed by atoms with E-state index >= 15 is 0 Å². The number of para-hydroxylation sites is 1. The summed E-state index contributed by atoms with van der Waals surface area (Å²) in [7, 11) is 0. The quantitative estimate of drug-likeness (QED) is 0.812. The third-order valence-corrected chi connectivity index (χ3v) is 4.94. The molecule has 0 bridgehead atoms. The summed E-state index contributed by atoms with van der Waals surface area (Å²) in [5, 5.41) is 5.92. The second-order valence-electron chi connectivity index (χ2n) is 7.05. The van der Waals surface area contributed by atoms with Crippen LogP contribution in [0.2, 0.25) is 0 Å². The molecule has 5 nitrogen and oxygen atoms in total. The Morgan fingerprint density at radius 3 is 2.44 bits per heavy atom. The fourth-order valence-electron chi connectivity index (χ4n) is 3.43. The van der Waals surface area contributed by atoms with Crippen molar-refractivity contribution in [3.05, 3.63) is 66.2 Å². The van der Waals surface area contributed by atoms with Crippen molar-refractivity contribution < 1.29 is 9.59 Å². The van der Waals surface area contributed by atoms with E-state index in [1.54, 1.807) is 0 Å². The zero-order chi connectivity index (χ0) is 18.9. The summed E-state index contributed by atoms with van der Waals surface area (Å²) < 4.78 is 0. The number of piperidine rings is 1. The molecule has 2 aromatic carbocycles. The van der Waals surface area contributed by atoms with Gasteiger partial charge in [-0.05, 0) is 42.9 Å². The molecule has 0 radical (unpaired) electrons. The van der Waals surface area contributed by atoms with Gasteiger partial charge in [-0.3, -0.25) is 4.79 Å². The van der Waals surface area contributed by atoms with Crippen LogP contribution < -0.4 is 10.6 Å². The van der Waals surface area contributed by atoms with Crippen molar-refractivity contribution in [2.75, 3.05) is 18.4 Å². The second kappa shape index (κ2) is 9.76. The van der Waals surface area contributed by atoms with E-state index in [-0.39, 0.29) is 11.9 Å². The van der Waals surface area contributed by atoms with Crippen molar-refractivity contribution in [2.24, 2.45) is 5.92 Å². The number of benzene rings is 2. The Hall–Kier alpha value is -2.82. The van der Waals surface area contributed by atoms with Gasteiger partial charge < -0.3 is 15.5 Å². The second-order valence-corrected chi connectivity index (χ2v) is 7.05. The molecule has 142 valence electrons. The summed E-state index contributed by atoms with van der Waals surface area (Å²) >= 11 is 0. The molecule has 0 aromatic heterocycles. The number of hydrogen-bond acceptors (Lipinski definition) is 2. The van der Waals surface area contributed by atoms with Crippen LogP contribution in [0.15, 0.2) is 60.7 Å². The highest BCUT2D eigenvalue weighted by Crippen LogP contribution is 2.22. The van der Waals surface area contributed by atoms with Crippen molar-refractivity contribution in [1.82, 2.24) is 10.2 Å². The summed E-state index contributed by atoms with van der Waals surface area (Å²) in [6.45, 7) is 2.05. The fourth-order valence-corrected chi connectivity index (χ4v) is 3.43. The molecule has 27 heavy (non-hydrogen) atoms. The van der Waals surface area contributed by atoms with E-state index in [9.17, 15) is 9.59 Å². The van der Waals surface area contributed by atoms with Crippen LogP contribution in [0, 0.1) is 5.92 Å². The molecule has 0 aliphatic carbocycles. The molecule has 1 saturated heterocycles. The number of nitrogens with one attached hydrogen (secondary N) is 2. The number of carbonyl (C=O) groups excluding carboxylic acids is 2. The summed E-state index contributed by atoms with van der Waals surface area (Å²) in [5.74, 6) is 0.451. The van der Waals surface area contributed by atoms with Crippen molar-refractivity contribution in [1.29, 1.82) is 0 Å². The summed E-state index contributed by atoms with van der Waals surface area (Å²) in [5.41, 5.74) is 1.91. The third kappa shape index (κ3) is 6.13. The molecule has 3 rings (SSSR count). The maximum atomic E-state index is 12.4. The van der Waals surface area contributed by atoms with Gasteiger partial charge >= 0.3 is 6.03 Å². The molecule has 5 heteroatoms. The van der Waals surface area contributed by atoms with Crippen molar-refractivity contribution in [2.45, 2.75) is 32.2 Å². The lowest BCUT2D eigenvalue weighted by Gasteiger charge is -2.32. The van der Waals surface area contributed by atoms with Gasteiger partial charge in [-0.2, -0.15) is 0 Å². The zero-order valence-corrected chi connectivity index (χ0v) is 15.6. The van der Waals surface area contributed by atoms with E-state index < -0.39 is 0 Å². The van der Waals surface area contributed by atoms with Crippen molar-refractivity contribution in [3.63, 3.8) is 0 Å². The first kappa shape index (κ1) is 19.0. The van der Waals surface area contributed by atoms with Crippen LogP contribution in [0.25, 0.3) is 0 Å². The molecule has 1 atom stereocenters. The standard InChI is InChI=1S/C22H27N3O2/c26-21(23-16-18-8-3-1-4-9-18)14-13-19-10-7-15-25(17-19)22(27)24-20-11-5-2-6-12-20/h1-6,8-9,11-12,19H,7,10,13-17H2,(H,23,26)(H,24,27)/t19-/m0/s1. The van der Waals surface area contributed by atoms with Gasteiger partial charge in [0.25, 0.3) is 0 Å². The molecule has 1 heterocycles. The first-order valence-electron chi connectivity index (χ1n) is 9.62. The molecule has 2 N–H and O–H groups in total. The Bertz CT molecular complexity index is 734. The van der Waals surface area contributed by atoms with Gasteiger partial charge in [0.15, 0.2) is 0 Å². The van der Waals surface area contributed by atoms with Crippen LogP contribution in [0.3, 0.4) is 0 Å². The summed E-state index contributed by atoms with van der Waals surface area (Å²) in [6, 6.07) is 19.4. The molecule has 1 aliphatic rings. The highest BCUT2D eigenvalue weighted by Gasteiger charge is 2.24. The highest BCUT2D eigenvalue weighted by atomic mass is 16.2. The number of anilines is 1. The van der Waals surface area contributed by atoms with Gasteiger partial charge in [0.2, 0.25) is 5.91 Å². The molecular weight excluding hydrogens is 338 g/mol. The Morgan fingerprint density at radius 2 is 1.70 bits per heavy atom. The van der Waals surface area contributed by atoms with Crippen LogP contribution in [0.5, 0.6) is 0 Å². The molecule has 0 saturated carbocycles. The Morgan fingerprint density at radius 1 is 1.00 bits per heavy atom. The smallest absolute Gasteiger partial charge is 0.321 e. The van der Waals surface area contributed by atoms with E-state index in [0.717, 1.165) is 37.1 Å². The van der Waals surface area contributed by atoms with Crippen LogP contribution >= 0.6 is 0 Å². The third-order valence-electron chi connectivity index (χ3n) is 4.94. The minimum Gasteiger partial charge on any atom is -0.352 e. The average molecular weight is 365 g/mol. The normalized spacial score (nSPS) is 16.6. The molecule has 2 aromatic rings. The molecule has 1 aliphatic heterocycles. The molecule has 0 spiro atoms. The highest BCUT2D eigenvalue weighted by molar-refractivity contribution is 5.89. The maximum Gasteiger partial charge on any atom is 0.321 e. The Labute approximate surface area is 160 Å². The number of hydrogen-bond donors (Lipinski definition) is 2. The van der Waals surface area contributed by atoms with Gasteiger partial charge in [0.1, 0.15) is 0 Å². The zero-order valence-electron chi connectivity index (χ0n) is 15.6. The number of rotatable bonds is 6. The van der Waals surface area contributed by atoms with Gasteiger partial charge in [-0.25, -0.2) is 4.79 Å². The van der Waals surface area contributed by atoms with E-state index in [4.69, 9.17) is 0 Å². The van der Waals surface area contributed by atoms with Crippen molar-refractivity contribution >= 4 is 17.6 Å². The predicted octanol–water partition coefficient (Wildman–Crippen LogP) is 4.03. The van der Waals surface area contributed by atoms with Gasteiger partial charge in [0, 0.05) is 31.7 Å². The number of urea groups is 1. The van der Waals surface area contributed by atoms with E-state index in [1.807, 2.05) is 65.6 Å². The largest absolute Gasteiger partial charge is 0.352 e. The number of carbonyl (C=O) groups is 2. The summed E-state index contributed by atoms with van der Waals surface area (Å²) in [6.07, 6.45) is 3.38. The fraction of sp³-hybridized carbons (Fsp3) is 0.364.